The summed E-state index contributed by atoms with van der Waals surface area (Å²) in [6, 6.07) is 0. The van der Waals surface area contributed by atoms with E-state index in [1.165, 1.54) is 0 Å². The van der Waals surface area contributed by atoms with Crippen molar-refractivity contribution in [2.24, 2.45) is 0 Å². The third kappa shape index (κ3) is 2.93. The number of carbonyl (C=O) groups is 2. The van der Waals surface area contributed by atoms with Gasteiger partial charge in [0.2, 0.25) is 0 Å². The summed E-state index contributed by atoms with van der Waals surface area (Å²) in [5.74, 6) is -1.25. The molecule has 2 aliphatic heterocycles. The van der Waals surface area contributed by atoms with Crippen LogP contribution in [0, 0.1) is 0 Å². The van der Waals surface area contributed by atoms with E-state index in [1.54, 1.807) is 0 Å². The molecule has 2 atom stereocenters. The standard InChI is InChI=1S/C10H16N2O4/c1-9(5-15-9)3-11-7(13)8(14)12-4-10(2)6-16-10/h3-6H2,1-2H3,(H,11,13)(H,12,14)/t9-,10+. The van der Waals surface area contributed by atoms with Gasteiger partial charge in [-0.2, -0.15) is 0 Å². The molecular weight excluding hydrogens is 212 g/mol. The number of rotatable bonds is 4. The molecule has 2 amide bonds. The quantitative estimate of drug-likeness (QED) is 0.467. The molecule has 6 nitrogen and oxygen atoms in total. The van der Waals surface area contributed by atoms with Gasteiger partial charge in [-0.3, -0.25) is 9.59 Å². The zero-order valence-electron chi connectivity index (χ0n) is 9.46. The highest BCUT2D eigenvalue weighted by Crippen LogP contribution is 2.24. The van der Waals surface area contributed by atoms with Crippen LogP contribution < -0.4 is 10.6 Å². The number of carbonyl (C=O) groups excluding carboxylic acids is 2. The smallest absolute Gasteiger partial charge is 0.309 e. The van der Waals surface area contributed by atoms with E-state index in [1.807, 2.05) is 13.8 Å². The first-order valence-corrected chi connectivity index (χ1v) is 5.27. The molecule has 0 aromatic heterocycles. The lowest BCUT2D eigenvalue weighted by atomic mass is 10.2. The van der Waals surface area contributed by atoms with Crippen molar-refractivity contribution in [2.75, 3.05) is 26.3 Å². The van der Waals surface area contributed by atoms with Gasteiger partial charge in [0, 0.05) is 13.1 Å². The fraction of sp³-hybridized carbons (Fsp3) is 0.800. The molecule has 2 heterocycles. The summed E-state index contributed by atoms with van der Waals surface area (Å²) in [7, 11) is 0. The average Bonchev–Trinajstić information content (AvgIpc) is 3.14. The molecule has 0 radical (unpaired) electrons. The molecule has 90 valence electrons. The number of epoxide rings is 2. The first kappa shape index (κ1) is 11.3. The van der Waals surface area contributed by atoms with Crippen LogP contribution >= 0.6 is 0 Å². The van der Waals surface area contributed by atoms with Crippen LogP contribution in [0.15, 0.2) is 0 Å². The van der Waals surface area contributed by atoms with Crippen molar-refractivity contribution in [1.82, 2.24) is 10.6 Å². The molecule has 0 saturated carbocycles. The summed E-state index contributed by atoms with van der Waals surface area (Å²) in [4.78, 5) is 22.7. The van der Waals surface area contributed by atoms with Gasteiger partial charge in [-0.15, -0.1) is 0 Å². The first-order valence-electron chi connectivity index (χ1n) is 5.27. The van der Waals surface area contributed by atoms with Crippen LogP contribution in [0.2, 0.25) is 0 Å². The van der Waals surface area contributed by atoms with Gasteiger partial charge in [-0.05, 0) is 13.8 Å². The Kier molecular flexibility index (Phi) is 2.63. The summed E-state index contributed by atoms with van der Waals surface area (Å²) in [6.07, 6.45) is 0. The van der Waals surface area contributed by atoms with E-state index in [0.717, 1.165) is 0 Å². The molecule has 0 aliphatic carbocycles. The van der Waals surface area contributed by atoms with Crippen LogP contribution in [0.25, 0.3) is 0 Å². The fourth-order valence-electron chi connectivity index (χ4n) is 1.15. The Labute approximate surface area is 93.7 Å². The molecule has 2 rings (SSSR count). The predicted octanol–water partition coefficient (Wildman–Crippen LogP) is -1.20. The summed E-state index contributed by atoms with van der Waals surface area (Å²) in [5.41, 5.74) is -0.553. The number of ether oxygens (including phenoxy) is 2. The second-order valence-corrected chi connectivity index (χ2v) is 4.84. The Morgan fingerprint density at radius 2 is 1.31 bits per heavy atom. The highest BCUT2D eigenvalue weighted by molar-refractivity contribution is 6.35. The highest BCUT2D eigenvalue weighted by atomic mass is 16.6. The maximum absolute atomic E-state index is 11.3. The Balaban J connectivity index is 1.65. The van der Waals surface area contributed by atoms with Crippen LogP contribution in [-0.2, 0) is 19.1 Å². The molecule has 2 saturated heterocycles. The molecule has 2 aliphatic rings. The van der Waals surface area contributed by atoms with Gasteiger partial charge in [-0.1, -0.05) is 0 Å². The molecule has 0 aromatic carbocycles. The van der Waals surface area contributed by atoms with Crippen molar-refractivity contribution in [2.45, 2.75) is 25.0 Å². The lowest BCUT2D eigenvalue weighted by molar-refractivity contribution is -0.139. The summed E-state index contributed by atoms with van der Waals surface area (Å²) >= 11 is 0. The maximum Gasteiger partial charge on any atom is 0.309 e. The summed E-state index contributed by atoms with van der Waals surface area (Å²) in [6.45, 7) is 5.75. The van der Waals surface area contributed by atoms with Crippen LogP contribution in [-0.4, -0.2) is 49.3 Å². The fourth-order valence-corrected chi connectivity index (χ4v) is 1.15. The van der Waals surface area contributed by atoms with Crippen molar-refractivity contribution < 1.29 is 19.1 Å². The molecule has 6 heteroatoms. The molecule has 16 heavy (non-hydrogen) atoms. The second-order valence-electron chi connectivity index (χ2n) is 4.84. The number of hydrogen-bond donors (Lipinski definition) is 2. The van der Waals surface area contributed by atoms with E-state index >= 15 is 0 Å². The summed E-state index contributed by atoms with van der Waals surface area (Å²) in [5, 5.41) is 5.05. The molecular formula is C10H16N2O4. The van der Waals surface area contributed by atoms with Crippen molar-refractivity contribution in [3.8, 4) is 0 Å². The Morgan fingerprint density at radius 3 is 1.56 bits per heavy atom. The third-order valence-corrected chi connectivity index (χ3v) is 2.73. The minimum Gasteiger partial charge on any atom is -0.368 e. The molecule has 0 aromatic rings. The minimum absolute atomic E-state index is 0.276. The van der Waals surface area contributed by atoms with Crippen LogP contribution in [0.4, 0.5) is 0 Å². The third-order valence-electron chi connectivity index (χ3n) is 2.73. The molecule has 0 unspecified atom stereocenters. The first-order chi connectivity index (χ1) is 7.43. The van der Waals surface area contributed by atoms with E-state index in [0.29, 0.717) is 26.3 Å². The number of nitrogens with one attached hydrogen (secondary N) is 2. The second kappa shape index (κ2) is 3.71. The lowest BCUT2D eigenvalue weighted by Gasteiger charge is -2.09. The van der Waals surface area contributed by atoms with Crippen molar-refractivity contribution in [3.05, 3.63) is 0 Å². The minimum atomic E-state index is -0.624. The lowest BCUT2D eigenvalue weighted by Crippen LogP contribution is -2.45. The van der Waals surface area contributed by atoms with Crippen molar-refractivity contribution in [3.63, 3.8) is 0 Å². The Morgan fingerprint density at radius 1 is 1.00 bits per heavy atom. The van der Waals surface area contributed by atoms with E-state index < -0.39 is 11.8 Å². The maximum atomic E-state index is 11.3. The highest BCUT2D eigenvalue weighted by Gasteiger charge is 2.41. The largest absolute Gasteiger partial charge is 0.368 e. The monoisotopic (exact) mass is 228 g/mol. The van der Waals surface area contributed by atoms with Gasteiger partial charge in [0.05, 0.1) is 13.2 Å². The zero-order chi connectivity index (χ0) is 11.8. The number of hydrogen-bond acceptors (Lipinski definition) is 4. The number of amides is 2. The molecule has 0 bridgehead atoms. The molecule has 0 spiro atoms. The van der Waals surface area contributed by atoms with Crippen molar-refractivity contribution >= 4 is 11.8 Å². The van der Waals surface area contributed by atoms with Gasteiger partial charge in [-0.25, -0.2) is 0 Å². The van der Waals surface area contributed by atoms with Crippen molar-refractivity contribution in [1.29, 1.82) is 0 Å². The van der Waals surface area contributed by atoms with Gasteiger partial charge in [0.1, 0.15) is 11.2 Å². The Bertz CT molecular complexity index is 289. The van der Waals surface area contributed by atoms with Gasteiger partial charge in [0.25, 0.3) is 0 Å². The summed E-state index contributed by atoms with van der Waals surface area (Å²) < 4.78 is 10.2. The van der Waals surface area contributed by atoms with Crippen LogP contribution in [0.1, 0.15) is 13.8 Å². The SMILES string of the molecule is C[C@]1(CNC(=O)C(=O)NC[C@]2(C)CO2)CO1. The normalized spacial score (nSPS) is 35.4. The molecule has 2 N–H and O–H groups in total. The molecule has 2 fully saturated rings. The average molecular weight is 228 g/mol. The zero-order valence-corrected chi connectivity index (χ0v) is 9.46. The van der Waals surface area contributed by atoms with Gasteiger partial charge >= 0.3 is 11.8 Å². The van der Waals surface area contributed by atoms with Gasteiger partial charge in [0.15, 0.2) is 0 Å². The van der Waals surface area contributed by atoms with E-state index in [9.17, 15) is 9.59 Å². The predicted molar refractivity (Wildman–Crippen MR) is 54.7 cm³/mol. The van der Waals surface area contributed by atoms with Crippen LogP contribution in [0.5, 0.6) is 0 Å². The van der Waals surface area contributed by atoms with Gasteiger partial charge < -0.3 is 20.1 Å². The van der Waals surface area contributed by atoms with E-state index in [-0.39, 0.29) is 11.2 Å². The van der Waals surface area contributed by atoms with E-state index in [2.05, 4.69) is 10.6 Å². The topological polar surface area (TPSA) is 83.3 Å². The van der Waals surface area contributed by atoms with E-state index in [4.69, 9.17) is 9.47 Å². The Hall–Kier alpha value is -1.14. The van der Waals surface area contributed by atoms with Crippen LogP contribution in [0.3, 0.4) is 0 Å².